The quantitative estimate of drug-likeness (QED) is 0.331. The molecule has 1 aliphatic carbocycles. The van der Waals surface area contributed by atoms with Crippen LogP contribution in [0.5, 0.6) is 5.75 Å². The fourth-order valence-electron chi connectivity index (χ4n) is 4.91. The van der Waals surface area contributed by atoms with Crippen LogP contribution >= 0.6 is 0 Å². The van der Waals surface area contributed by atoms with E-state index in [1.807, 2.05) is 60.7 Å². The molecule has 5 rings (SSSR count). The zero-order valence-corrected chi connectivity index (χ0v) is 20.5. The lowest BCUT2D eigenvalue weighted by Gasteiger charge is -2.21. The maximum atomic E-state index is 13.1. The molecule has 0 saturated heterocycles. The van der Waals surface area contributed by atoms with E-state index in [1.54, 1.807) is 13.2 Å². The SMILES string of the molecule is COc1ccc2cc(-c3cc(C(=O)OCC(=O)NCC4CCCCC4)c4ccccc4n3)ccc2c1. The van der Waals surface area contributed by atoms with Crippen LogP contribution in [-0.2, 0) is 9.53 Å². The first-order valence-corrected chi connectivity index (χ1v) is 12.5. The summed E-state index contributed by atoms with van der Waals surface area (Å²) in [6, 6.07) is 21.1. The number of rotatable bonds is 7. The number of fused-ring (bicyclic) bond motifs is 2. The number of benzene rings is 3. The molecule has 0 atom stereocenters. The minimum absolute atomic E-state index is 0.266. The molecule has 0 radical (unpaired) electrons. The van der Waals surface area contributed by atoms with Gasteiger partial charge >= 0.3 is 5.97 Å². The summed E-state index contributed by atoms with van der Waals surface area (Å²) >= 11 is 0. The van der Waals surface area contributed by atoms with E-state index in [1.165, 1.54) is 19.3 Å². The second kappa shape index (κ2) is 10.8. The van der Waals surface area contributed by atoms with Crippen LogP contribution in [0.25, 0.3) is 32.9 Å². The number of hydrogen-bond donors (Lipinski definition) is 1. The van der Waals surface area contributed by atoms with Gasteiger partial charge in [0.15, 0.2) is 6.61 Å². The maximum absolute atomic E-state index is 13.1. The molecule has 0 aliphatic heterocycles. The number of methoxy groups -OCH3 is 1. The molecular weight excluding hydrogens is 452 g/mol. The summed E-state index contributed by atoms with van der Waals surface area (Å²) < 4.78 is 10.8. The molecule has 1 heterocycles. The minimum Gasteiger partial charge on any atom is -0.497 e. The molecule has 6 heteroatoms. The summed E-state index contributed by atoms with van der Waals surface area (Å²) in [6.45, 7) is 0.349. The Balaban J connectivity index is 1.36. The maximum Gasteiger partial charge on any atom is 0.339 e. The Morgan fingerprint density at radius 2 is 1.72 bits per heavy atom. The molecule has 1 aliphatic rings. The van der Waals surface area contributed by atoms with Crippen molar-refractivity contribution >= 4 is 33.6 Å². The lowest BCUT2D eigenvalue weighted by Crippen LogP contribution is -2.33. The first-order valence-electron chi connectivity index (χ1n) is 12.5. The summed E-state index contributed by atoms with van der Waals surface area (Å²) in [6.07, 6.45) is 6.01. The molecule has 4 aromatic rings. The number of esters is 1. The van der Waals surface area contributed by atoms with Crippen molar-refractivity contribution in [1.29, 1.82) is 0 Å². The summed E-state index contributed by atoms with van der Waals surface area (Å²) in [5, 5.41) is 5.71. The zero-order chi connectivity index (χ0) is 24.9. The van der Waals surface area contributed by atoms with Crippen LogP contribution in [0.3, 0.4) is 0 Å². The van der Waals surface area contributed by atoms with Crippen LogP contribution in [0.2, 0.25) is 0 Å². The monoisotopic (exact) mass is 482 g/mol. The van der Waals surface area contributed by atoms with Crippen molar-refractivity contribution in [2.24, 2.45) is 5.92 Å². The van der Waals surface area contributed by atoms with Crippen molar-refractivity contribution in [2.45, 2.75) is 32.1 Å². The Labute approximate surface area is 210 Å². The Kier molecular flexibility index (Phi) is 7.12. The second-order valence-electron chi connectivity index (χ2n) is 9.38. The van der Waals surface area contributed by atoms with Gasteiger partial charge in [-0.1, -0.05) is 55.7 Å². The van der Waals surface area contributed by atoms with Crippen molar-refractivity contribution in [3.63, 3.8) is 0 Å². The number of amides is 1. The van der Waals surface area contributed by atoms with E-state index < -0.39 is 5.97 Å². The minimum atomic E-state index is -0.534. The summed E-state index contributed by atoms with van der Waals surface area (Å²) in [4.78, 5) is 30.2. The first-order chi connectivity index (χ1) is 17.6. The van der Waals surface area contributed by atoms with E-state index in [-0.39, 0.29) is 12.5 Å². The van der Waals surface area contributed by atoms with Gasteiger partial charge < -0.3 is 14.8 Å². The highest BCUT2D eigenvalue weighted by Crippen LogP contribution is 2.29. The summed E-state index contributed by atoms with van der Waals surface area (Å²) in [7, 11) is 1.65. The summed E-state index contributed by atoms with van der Waals surface area (Å²) in [5.74, 6) is 0.519. The van der Waals surface area contributed by atoms with Crippen LogP contribution in [0.1, 0.15) is 42.5 Å². The van der Waals surface area contributed by atoms with Gasteiger partial charge in [0.05, 0.1) is 23.9 Å². The average Bonchev–Trinajstić information content (AvgIpc) is 2.94. The number of aromatic nitrogens is 1. The third-order valence-electron chi connectivity index (χ3n) is 6.93. The standard InChI is InChI=1S/C30H30N2O4/c1-35-24-14-13-21-15-23(12-11-22(21)16-24)28-17-26(25-9-5-6-10-27(25)32-28)30(34)36-19-29(33)31-18-20-7-3-2-4-8-20/h5-6,9-17,20H,2-4,7-8,18-19H2,1H3,(H,31,33). The third kappa shape index (κ3) is 5.33. The largest absolute Gasteiger partial charge is 0.497 e. The number of pyridine rings is 1. The Morgan fingerprint density at radius 1 is 0.944 bits per heavy atom. The number of nitrogens with one attached hydrogen (secondary N) is 1. The molecule has 1 fully saturated rings. The Morgan fingerprint density at radius 3 is 2.56 bits per heavy atom. The molecule has 1 N–H and O–H groups in total. The molecule has 36 heavy (non-hydrogen) atoms. The first kappa shape index (κ1) is 23.8. The number of para-hydroxylation sites is 1. The van der Waals surface area contributed by atoms with E-state index in [9.17, 15) is 9.59 Å². The van der Waals surface area contributed by atoms with Gasteiger partial charge in [-0.2, -0.15) is 0 Å². The molecule has 0 bridgehead atoms. The second-order valence-corrected chi connectivity index (χ2v) is 9.38. The zero-order valence-electron chi connectivity index (χ0n) is 20.5. The molecule has 0 unspecified atom stereocenters. The van der Waals surface area contributed by atoms with Crippen molar-refractivity contribution in [1.82, 2.24) is 10.3 Å². The van der Waals surface area contributed by atoms with Gasteiger partial charge in [-0.05, 0) is 59.9 Å². The van der Waals surface area contributed by atoms with Gasteiger partial charge in [0.1, 0.15) is 5.75 Å². The topological polar surface area (TPSA) is 77.5 Å². The molecule has 184 valence electrons. The smallest absolute Gasteiger partial charge is 0.339 e. The highest BCUT2D eigenvalue weighted by molar-refractivity contribution is 6.05. The lowest BCUT2D eigenvalue weighted by molar-refractivity contribution is -0.124. The van der Waals surface area contributed by atoms with Crippen LogP contribution in [0, 0.1) is 5.92 Å². The highest BCUT2D eigenvalue weighted by Gasteiger charge is 2.18. The number of carbonyl (C=O) groups excluding carboxylic acids is 2. The van der Waals surface area contributed by atoms with Gasteiger partial charge in [-0.25, -0.2) is 9.78 Å². The van der Waals surface area contributed by atoms with E-state index in [0.717, 1.165) is 34.9 Å². The Bertz CT molecular complexity index is 1410. The van der Waals surface area contributed by atoms with E-state index in [0.29, 0.717) is 34.6 Å². The fraction of sp³-hybridized carbons (Fsp3) is 0.300. The predicted octanol–water partition coefficient (Wildman–Crippen LogP) is 5.92. The fourth-order valence-corrected chi connectivity index (χ4v) is 4.91. The van der Waals surface area contributed by atoms with Crippen LogP contribution in [0.4, 0.5) is 0 Å². The molecule has 1 amide bonds. The molecule has 6 nitrogen and oxygen atoms in total. The average molecular weight is 483 g/mol. The predicted molar refractivity (Wildman–Crippen MR) is 141 cm³/mol. The lowest BCUT2D eigenvalue weighted by atomic mass is 9.89. The number of carbonyl (C=O) groups is 2. The number of ether oxygens (including phenoxy) is 2. The van der Waals surface area contributed by atoms with E-state index in [2.05, 4.69) is 5.32 Å². The molecule has 0 spiro atoms. The van der Waals surface area contributed by atoms with Gasteiger partial charge in [0, 0.05) is 17.5 Å². The van der Waals surface area contributed by atoms with Crippen molar-refractivity contribution < 1.29 is 19.1 Å². The Hall–Kier alpha value is -3.93. The van der Waals surface area contributed by atoms with Gasteiger partial charge in [0.2, 0.25) is 0 Å². The number of nitrogens with zero attached hydrogens (tertiary/aromatic N) is 1. The van der Waals surface area contributed by atoms with Crippen molar-refractivity contribution in [3.05, 3.63) is 72.3 Å². The van der Waals surface area contributed by atoms with Crippen LogP contribution in [-0.4, -0.2) is 37.1 Å². The normalized spacial score (nSPS) is 14.0. The molecule has 3 aromatic carbocycles. The van der Waals surface area contributed by atoms with Gasteiger partial charge in [-0.15, -0.1) is 0 Å². The molecular formula is C30H30N2O4. The molecule has 1 aromatic heterocycles. The van der Waals surface area contributed by atoms with Crippen molar-refractivity contribution in [2.75, 3.05) is 20.3 Å². The third-order valence-corrected chi connectivity index (χ3v) is 6.93. The highest BCUT2D eigenvalue weighted by atomic mass is 16.5. The molecule has 1 saturated carbocycles. The van der Waals surface area contributed by atoms with Gasteiger partial charge in [-0.3, -0.25) is 4.79 Å². The van der Waals surface area contributed by atoms with Crippen LogP contribution < -0.4 is 10.1 Å². The summed E-state index contributed by atoms with van der Waals surface area (Å²) in [5.41, 5.74) is 2.64. The van der Waals surface area contributed by atoms with Crippen LogP contribution in [0.15, 0.2) is 66.7 Å². The van der Waals surface area contributed by atoms with E-state index in [4.69, 9.17) is 14.5 Å². The van der Waals surface area contributed by atoms with E-state index >= 15 is 0 Å². The van der Waals surface area contributed by atoms with Gasteiger partial charge in [0.25, 0.3) is 5.91 Å². The van der Waals surface area contributed by atoms with Crippen molar-refractivity contribution in [3.8, 4) is 17.0 Å². The number of hydrogen-bond acceptors (Lipinski definition) is 5.